The Morgan fingerprint density at radius 3 is 2.21 bits per heavy atom. The standard InChI is InChI=1S/C30H16N4O4/c35-13-22-23(14-36)29-25(16-38)30-24(15-37)28(17-4-2-1-3-5-17)27(34-30)12-21-9-7-19(32-21)10-18-6-8-20(31-18)11-26(22)33-29/h1-12,28,30-31,34H. The lowest BCUT2D eigenvalue weighted by molar-refractivity contribution is 0.563. The number of aliphatic imine (C=N–C) groups is 2. The number of nitrogens with zero attached hydrogens (tertiary/aromatic N) is 2. The smallest absolute Gasteiger partial charge is 0.136 e. The van der Waals surface area contributed by atoms with Crippen LogP contribution in [0.4, 0.5) is 0 Å². The summed E-state index contributed by atoms with van der Waals surface area (Å²) in [6.45, 7) is 0. The van der Waals surface area contributed by atoms with Crippen molar-refractivity contribution in [2.24, 2.45) is 9.98 Å². The molecule has 0 aliphatic carbocycles. The second-order valence-corrected chi connectivity index (χ2v) is 8.85. The fourth-order valence-corrected chi connectivity index (χ4v) is 4.98. The molecule has 0 radical (unpaired) electrons. The molecule has 4 aliphatic rings. The van der Waals surface area contributed by atoms with Gasteiger partial charge in [0.2, 0.25) is 0 Å². The number of allylic oxidation sites excluding steroid dienone is 5. The van der Waals surface area contributed by atoms with Crippen LogP contribution < -0.4 is 5.32 Å². The predicted octanol–water partition coefficient (Wildman–Crippen LogP) is 2.85. The van der Waals surface area contributed by atoms with E-state index in [0.29, 0.717) is 22.8 Å². The number of fused-ring (bicyclic) bond motifs is 6. The van der Waals surface area contributed by atoms with Gasteiger partial charge in [-0.15, -0.1) is 0 Å². The number of hydrogen-bond donors (Lipinski definition) is 2. The predicted molar refractivity (Wildman–Crippen MR) is 142 cm³/mol. The molecule has 2 unspecified atom stereocenters. The van der Waals surface area contributed by atoms with E-state index in [9.17, 15) is 19.2 Å². The summed E-state index contributed by atoms with van der Waals surface area (Å²) < 4.78 is 0. The average molecular weight is 496 g/mol. The van der Waals surface area contributed by atoms with Crippen molar-refractivity contribution in [3.8, 4) is 0 Å². The van der Waals surface area contributed by atoms with Gasteiger partial charge >= 0.3 is 0 Å². The molecule has 1 saturated heterocycles. The maximum absolute atomic E-state index is 12.4. The Bertz CT molecular complexity index is 1800. The zero-order chi connectivity index (χ0) is 26.2. The van der Waals surface area contributed by atoms with Crippen molar-refractivity contribution in [1.82, 2.24) is 10.3 Å². The van der Waals surface area contributed by atoms with Gasteiger partial charge in [-0.05, 0) is 48.1 Å². The van der Waals surface area contributed by atoms with Gasteiger partial charge in [-0.3, -0.25) is 0 Å². The minimum atomic E-state index is -1.01. The topological polar surface area (TPSA) is 121 Å². The first-order valence-electron chi connectivity index (χ1n) is 11.7. The van der Waals surface area contributed by atoms with Crippen molar-refractivity contribution in [2.45, 2.75) is 12.0 Å². The number of benzene rings is 1. The summed E-state index contributed by atoms with van der Waals surface area (Å²) in [6.07, 6.45) is 8.94. The van der Waals surface area contributed by atoms with Crippen molar-refractivity contribution >= 4 is 47.3 Å². The average Bonchev–Trinajstić information content (AvgIpc) is 3.71. The quantitative estimate of drug-likeness (QED) is 0.589. The van der Waals surface area contributed by atoms with Gasteiger partial charge in [0.15, 0.2) is 0 Å². The second kappa shape index (κ2) is 9.12. The highest BCUT2D eigenvalue weighted by Crippen LogP contribution is 2.41. The van der Waals surface area contributed by atoms with Crippen LogP contribution >= 0.6 is 0 Å². The summed E-state index contributed by atoms with van der Waals surface area (Å²) in [7, 11) is 0. The minimum absolute atomic E-state index is 0.0999. The zero-order valence-corrected chi connectivity index (χ0v) is 19.6. The number of hydrogen-bond acceptors (Lipinski definition) is 7. The van der Waals surface area contributed by atoms with Crippen LogP contribution in [0.5, 0.6) is 0 Å². The van der Waals surface area contributed by atoms with Gasteiger partial charge in [-0.25, -0.2) is 29.2 Å². The number of nitrogens with one attached hydrogen (secondary N) is 2. The molecule has 0 saturated carbocycles. The van der Waals surface area contributed by atoms with Crippen molar-refractivity contribution in [2.75, 3.05) is 0 Å². The monoisotopic (exact) mass is 496 g/mol. The Morgan fingerprint density at radius 2 is 1.50 bits per heavy atom. The van der Waals surface area contributed by atoms with Gasteiger partial charge in [0.25, 0.3) is 0 Å². The lowest BCUT2D eigenvalue weighted by Crippen LogP contribution is -2.29. The van der Waals surface area contributed by atoms with Gasteiger partial charge < -0.3 is 10.3 Å². The number of aromatic nitrogens is 1. The molecule has 180 valence electrons. The van der Waals surface area contributed by atoms with Gasteiger partial charge in [0, 0.05) is 17.1 Å². The summed E-state index contributed by atoms with van der Waals surface area (Å²) in [5, 5.41) is 3.24. The molecule has 2 N–H and O–H groups in total. The van der Waals surface area contributed by atoms with E-state index in [-0.39, 0.29) is 33.7 Å². The maximum Gasteiger partial charge on any atom is 0.136 e. The van der Waals surface area contributed by atoms with Crippen molar-refractivity contribution in [3.63, 3.8) is 0 Å². The number of carbonyl (C=O) groups excluding carboxylic acids is 4. The third-order valence-corrected chi connectivity index (χ3v) is 6.64. The lowest BCUT2D eigenvalue weighted by Gasteiger charge is -2.13. The SMILES string of the molecule is O=C=C1C(=C=O)C2=NC1=Cc1ccc([nH]1)C=C1C=CC(=N1)C=C1NC(C2=C=O)C(=C=O)C1c1ccccc1. The molecule has 2 atom stereocenters. The Kier molecular flexibility index (Phi) is 5.48. The van der Waals surface area contributed by atoms with Crippen molar-refractivity contribution in [1.29, 1.82) is 0 Å². The molecule has 6 rings (SSSR count). The minimum Gasteiger partial charge on any atom is -0.376 e. The van der Waals surface area contributed by atoms with Crippen LogP contribution in [0.1, 0.15) is 22.9 Å². The molecule has 4 aliphatic heterocycles. The molecular formula is C30H16N4O4. The largest absolute Gasteiger partial charge is 0.376 e. The summed E-state index contributed by atoms with van der Waals surface area (Å²) in [6, 6.07) is 11.9. The fraction of sp³-hybridized carbons (Fsp3) is 0.0667. The fourth-order valence-electron chi connectivity index (χ4n) is 4.98. The van der Waals surface area contributed by atoms with Gasteiger partial charge in [0.1, 0.15) is 40.6 Å². The first-order chi connectivity index (χ1) is 18.6. The molecule has 0 spiro atoms. The molecule has 1 aromatic carbocycles. The van der Waals surface area contributed by atoms with Crippen LogP contribution in [-0.2, 0) is 19.2 Å². The number of aromatic amines is 1. The Labute approximate surface area is 215 Å². The van der Waals surface area contributed by atoms with E-state index in [1.54, 1.807) is 30.1 Å². The molecule has 2 aromatic rings. The molecule has 0 amide bonds. The van der Waals surface area contributed by atoms with E-state index in [4.69, 9.17) is 0 Å². The van der Waals surface area contributed by atoms with Gasteiger partial charge in [0.05, 0.1) is 40.2 Å². The molecule has 8 nitrogen and oxygen atoms in total. The van der Waals surface area contributed by atoms with Gasteiger partial charge in [-0.1, -0.05) is 30.3 Å². The first-order valence-corrected chi connectivity index (χ1v) is 11.7. The van der Waals surface area contributed by atoms with Crippen LogP contribution in [0.2, 0.25) is 0 Å². The third-order valence-electron chi connectivity index (χ3n) is 6.64. The molecule has 1 fully saturated rings. The van der Waals surface area contributed by atoms with Crippen molar-refractivity contribution < 1.29 is 19.2 Å². The maximum atomic E-state index is 12.4. The molecule has 5 heterocycles. The highest BCUT2D eigenvalue weighted by Gasteiger charge is 2.43. The highest BCUT2D eigenvalue weighted by atomic mass is 16.1. The van der Waals surface area contributed by atoms with Crippen molar-refractivity contribution in [3.05, 3.63) is 117 Å². The molecule has 8 bridgehead atoms. The summed E-state index contributed by atoms with van der Waals surface area (Å²) in [5.41, 5.74) is 3.84. The summed E-state index contributed by atoms with van der Waals surface area (Å²) in [4.78, 5) is 61.0. The van der Waals surface area contributed by atoms with E-state index in [1.807, 2.05) is 66.5 Å². The van der Waals surface area contributed by atoms with E-state index < -0.39 is 12.0 Å². The lowest BCUT2D eigenvalue weighted by atomic mass is 9.85. The van der Waals surface area contributed by atoms with E-state index in [2.05, 4.69) is 20.3 Å². The highest BCUT2D eigenvalue weighted by molar-refractivity contribution is 6.28. The van der Waals surface area contributed by atoms with Crippen LogP contribution in [0.15, 0.2) is 110 Å². The van der Waals surface area contributed by atoms with Gasteiger partial charge in [-0.2, -0.15) is 0 Å². The molecule has 38 heavy (non-hydrogen) atoms. The zero-order valence-electron chi connectivity index (χ0n) is 19.6. The van der Waals surface area contributed by atoms with Crippen LogP contribution in [-0.4, -0.2) is 46.2 Å². The second-order valence-electron chi connectivity index (χ2n) is 8.85. The van der Waals surface area contributed by atoms with E-state index in [0.717, 1.165) is 11.3 Å². The molecular weight excluding hydrogens is 480 g/mol. The van der Waals surface area contributed by atoms with E-state index in [1.165, 1.54) is 0 Å². The normalized spacial score (nSPS) is 21.3. The molecule has 8 heteroatoms. The summed E-state index contributed by atoms with van der Waals surface area (Å²) in [5.74, 6) is 6.77. The third kappa shape index (κ3) is 3.69. The van der Waals surface area contributed by atoms with Crippen LogP contribution in [0.25, 0.3) is 12.2 Å². The summed E-state index contributed by atoms with van der Waals surface area (Å²) >= 11 is 0. The van der Waals surface area contributed by atoms with Crippen LogP contribution in [0.3, 0.4) is 0 Å². The Morgan fingerprint density at radius 1 is 0.737 bits per heavy atom. The first kappa shape index (κ1) is 22.8. The Hall–Kier alpha value is -5.60. The Balaban J connectivity index is 1.63. The van der Waals surface area contributed by atoms with Crippen LogP contribution in [0, 0.1) is 0 Å². The van der Waals surface area contributed by atoms with E-state index >= 15 is 0 Å². The number of H-pyrrole nitrogens is 1. The molecule has 1 aromatic heterocycles. The number of rotatable bonds is 1.